The lowest BCUT2D eigenvalue weighted by molar-refractivity contribution is -0.137. The molecular formula is C14H20N4O3. The first-order valence-corrected chi connectivity index (χ1v) is 7.49. The average Bonchev–Trinajstić information content (AvgIpc) is 3.12. The molecule has 0 atom stereocenters. The minimum atomic E-state index is -0.621. The van der Waals surface area contributed by atoms with Gasteiger partial charge in [-0.1, -0.05) is 12.8 Å². The highest BCUT2D eigenvalue weighted by Gasteiger charge is 2.29. The molecule has 3 rings (SSSR count). The number of amides is 2. The number of hydrogen-bond acceptors (Lipinski definition) is 4. The van der Waals surface area contributed by atoms with E-state index < -0.39 is 5.91 Å². The summed E-state index contributed by atoms with van der Waals surface area (Å²) in [6, 6.07) is 1.68. The molecule has 1 aliphatic heterocycles. The molecular weight excluding hydrogens is 272 g/mol. The smallest absolute Gasteiger partial charge is 0.295 e. The maximum Gasteiger partial charge on any atom is 0.295 e. The molecule has 1 aromatic rings. The highest BCUT2D eigenvalue weighted by Crippen LogP contribution is 2.27. The summed E-state index contributed by atoms with van der Waals surface area (Å²) in [6.07, 6.45) is 5.89. The van der Waals surface area contributed by atoms with Crippen molar-refractivity contribution in [1.29, 1.82) is 0 Å². The van der Waals surface area contributed by atoms with Gasteiger partial charge in [0.15, 0.2) is 5.69 Å². The molecule has 2 aliphatic rings. The van der Waals surface area contributed by atoms with Crippen molar-refractivity contribution in [2.45, 2.75) is 45.2 Å². The third-order valence-corrected chi connectivity index (χ3v) is 4.38. The van der Waals surface area contributed by atoms with Gasteiger partial charge in [-0.25, -0.2) is 10.2 Å². The van der Waals surface area contributed by atoms with Crippen molar-refractivity contribution in [3.05, 3.63) is 17.5 Å². The number of fused-ring (bicyclic) bond motifs is 1. The van der Waals surface area contributed by atoms with E-state index >= 15 is 0 Å². The molecule has 0 aromatic carbocycles. The lowest BCUT2D eigenvalue weighted by Crippen LogP contribution is -2.37. The molecule has 1 fully saturated rings. The van der Waals surface area contributed by atoms with Crippen LogP contribution in [0.25, 0.3) is 0 Å². The van der Waals surface area contributed by atoms with E-state index in [9.17, 15) is 9.59 Å². The molecule has 7 nitrogen and oxygen atoms in total. The van der Waals surface area contributed by atoms with Gasteiger partial charge in [-0.2, -0.15) is 5.10 Å². The number of carbonyl (C=O) groups excluding carboxylic acids is 2. The molecule has 0 radical (unpaired) electrons. The molecule has 2 N–H and O–H groups in total. The van der Waals surface area contributed by atoms with Crippen molar-refractivity contribution in [3.63, 3.8) is 0 Å². The Kier molecular flexibility index (Phi) is 3.92. The summed E-state index contributed by atoms with van der Waals surface area (Å²) in [7, 11) is 0. The fraction of sp³-hybridized carbons (Fsp3) is 0.643. The lowest BCUT2D eigenvalue weighted by Gasteiger charge is -2.24. The monoisotopic (exact) mass is 292 g/mol. The largest absolute Gasteiger partial charge is 0.323 e. The van der Waals surface area contributed by atoms with Crippen LogP contribution in [0.2, 0.25) is 0 Å². The van der Waals surface area contributed by atoms with Gasteiger partial charge in [0.2, 0.25) is 5.91 Å². The Morgan fingerprint density at radius 2 is 2.05 bits per heavy atom. The quantitative estimate of drug-likeness (QED) is 0.627. The predicted molar refractivity (Wildman–Crippen MR) is 73.5 cm³/mol. The van der Waals surface area contributed by atoms with Gasteiger partial charge in [-0.3, -0.25) is 14.8 Å². The summed E-state index contributed by atoms with van der Waals surface area (Å²) in [4.78, 5) is 25.8. The molecule has 2 heterocycles. The van der Waals surface area contributed by atoms with Gasteiger partial charge in [0.1, 0.15) is 6.67 Å². The zero-order valence-corrected chi connectivity index (χ0v) is 11.9. The summed E-state index contributed by atoms with van der Waals surface area (Å²) >= 11 is 0. The van der Waals surface area contributed by atoms with E-state index in [1.807, 2.05) is 4.90 Å². The molecule has 1 aromatic heterocycles. The maximum absolute atomic E-state index is 12.5. The normalized spacial score (nSPS) is 19.2. The Hall–Kier alpha value is -1.89. The molecule has 7 heteroatoms. The molecule has 1 aliphatic carbocycles. The standard InChI is InChI=1S/C14H20N4O3/c19-13(16-21)12-8-11-6-3-7-17(9-18(11)15-12)14(20)10-4-1-2-5-10/h8,10,21H,1-7,9H2,(H,16,19). The first kappa shape index (κ1) is 14.1. The number of hydroxylamine groups is 1. The van der Waals surface area contributed by atoms with E-state index in [-0.39, 0.29) is 17.5 Å². The Morgan fingerprint density at radius 1 is 1.29 bits per heavy atom. The molecule has 0 spiro atoms. The number of nitrogens with one attached hydrogen (secondary N) is 1. The minimum absolute atomic E-state index is 0.155. The van der Waals surface area contributed by atoms with Gasteiger partial charge in [0, 0.05) is 18.2 Å². The summed E-state index contributed by atoms with van der Waals surface area (Å²) in [5.41, 5.74) is 2.70. The first-order valence-electron chi connectivity index (χ1n) is 7.49. The van der Waals surface area contributed by atoms with Crippen LogP contribution < -0.4 is 5.48 Å². The number of hydrogen-bond donors (Lipinski definition) is 2. The van der Waals surface area contributed by atoms with Gasteiger partial charge in [-0.05, 0) is 31.7 Å². The van der Waals surface area contributed by atoms with Gasteiger partial charge >= 0.3 is 0 Å². The van der Waals surface area contributed by atoms with E-state index in [0.29, 0.717) is 6.67 Å². The van der Waals surface area contributed by atoms with Crippen molar-refractivity contribution in [1.82, 2.24) is 20.2 Å². The zero-order valence-electron chi connectivity index (χ0n) is 11.9. The van der Waals surface area contributed by atoms with Crippen LogP contribution in [0.3, 0.4) is 0 Å². The average molecular weight is 292 g/mol. The molecule has 0 saturated heterocycles. The van der Waals surface area contributed by atoms with E-state index in [4.69, 9.17) is 5.21 Å². The minimum Gasteiger partial charge on any atom is -0.323 e. The van der Waals surface area contributed by atoms with Crippen molar-refractivity contribution in [3.8, 4) is 0 Å². The Bertz CT molecular complexity index is 548. The topological polar surface area (TPSA) is 87.5 Å². The third-order valence-electron chi connectivity index (χ3n) is 4.38. The van der Waals surface area contributed by atoms with Crippen LogP contribution in [0.5, 0.6) is 0 Å². The van der Waals surface area contributed by atoms with Crippen molar-refractivity contribution >= 4 is 11.8 Å². The predicted octanol–water partition coefficient (Wildman–Crippen LogP) is 0.925. The van der Waals surface area contributed by atoms with Gasteiger partial charge in [0.05, 0.1) is 0 Å². The maximum atomic E-state index is 12.5. The third kappa shape index (κ3) is 2.78. The molecule has 0 bridgehead atoms. The molecule has 114 valence electrons. The van der Waals surface area contributed by atoms with E-state index in [0.717, 1.165) is 50.8 Å². The second-order valence-electron chi connectivity index (χ2n) is 5.79. The van der Waals surface area contributed by atoms with Crippen LogP contribution in [0, 0.1) is 5.92 Å². The second kappa shape index (κ2) is 5.85. The number of nitrogens with zero attached hydrogens (tertiary/aromatic N) is 3. The number of rotatable bonds is 2. The number of aryl methyl sites for hydroxylation is 1. The van der Waals surface area contributed by atoms with E-state index in [1.165, 1.54) is 0 Å². The van der Waals surface area contributed by atoms with E-state index in [1.54, 1.807) is 16.2 Å². The summed E-state index contributed by atoms with van der Waals surface area (Å²) in [5, 5.41) is 12.9. The van der Waals surface area contributed by atoms with E-state index in [2.05, 4.69) is 5.10 Å². The molecule has 21 heavy (non-hydrogen) atoms. The van der Waals surface area contributed by atoms with Gasteiger partial charge in [0.25, 0.3) is 5.91 Å². The Morgan fingerprint density at radius 3 is 2.76 bits per heavy atom. The van der Waals surface area contributed by atoms with Crippen LogP contribution in [0.4, 0.5) is 0 Å². The first-order chi connectivity index (χ1) is 10.2. The van der Waals surface area contributed by atoms with Crippen LogP contribution in [0.15, 0.2) is 6.07 Å². The van der Waals surface area contributed by atoms with Crippen molar-refractivity contribution < 1.29 is 14.8 Å². The van der Waals surface area contributed by atoms with Crippen molar-refractivity contribution in [2.75, 3.05) is 6.54 Å². The highest BCUT2D eigenvalue weighted by molar-refractivity contribution is 5.91. The number of carbonyl (C=O) groups is 2. The summed E-state index contributed by atoms with van der Waals surface area (Å²) < 4.78 is 1.70. The SMILES string of the molecule is O=C(NO)c1cc2n(n1)CN(C(=O)C1CCCC1)CCC2. The summed E-state index contributed by atoms with van der Waals surface area (Å²) in [6.45, 7) is 1.13. The highest BCUT2D eigenvalue weighted by atomic mass is 16.5. The second-order valence-corrected chi connectivity index (χ2v) is 5.79. The van der Waals surface area contributed by atoms with Gasteiger partial charge in [-0.15, -0.1) is 0 Å². The molecule has 0 unspecified atom stereocenters. The summed E-state index contributed by atoms with van der Waals surface area (Å²) in [5.74, 6) is -0.254. The molecule has 1 saturated carbocycles. The van der Waals surface area contributed by atoms with Gasteiger partial charge < -0.3 is 4.90 Å². The fourth-order valence-electron chi connectivity index (χ4n) is 3.24. The lowest BCUT2D eigenvalue weighted by atomic mass is 10.1. The Balaban J connectivity index is 1.76. The fourth-order valence-corrected chi connectivity index (χ4v) is 3.24. The number of aromatic nitrogens is 2. The van der Waals surface area contributed by atoms with Crippen LogP contribution in [-0.4, -0.2) is 38.2 Å². The van der Waals surface area contributed by atoms with Crippen LogP contribution >= 0.6 is 0 Å². The molecule has 2 amide bonds. The van der Waals surface area contributed by atoms with Crippen LogP contribution in [-0.2, 0) is 17.9 Å². The Labute approximate surface area is 122 Å². The zero-order chi connectivity index (χ0) is 14.8. The van der Waals surface area contributed by atoms with Crippen LogP contribution in [0.1, 0.15) is 48.3 Å². The van der Waals surface area contributed by atoms with Crippen molar-refractivity contribution in [2.24, 2.45) is 5.92 Å².